The molecule has 0 saturated carbocycles. The number of aromatic nitrogens is 2. The zero-order valence-corrected chi connectivity index (χ0v) is 20.3. The second-order valence-electron chi connectivity index (χ2n) is 8.83. The van der Waals surface area contributed by atoms with Crippen molar-refractivity contribution < 1.29 is 32.5 Å². The maximum absolute atomic E-state index is 15.2. The van der Waals surface area contributed by atoms with Gasteiger partial charge in [0.15, 0.2) is 0 Å². The number of pyridine rings is 2. The van der Waals surface area contributed by atoms with Gasteiger partial charge in [-0.15, -0.1) is 0 Å². The highest BCUT2D eigenvalue weighted by Crippen LogP contribution is 2.38. The Morgan fingerprint density at radius 1 is 1.19 bits per heavy atom. The van der Waals surface area contributed by atoms with E-state index in [1.807, 2.05) is 6.07 Å². The van der Waals surface area contributed by atoms with Crippen LogP contribution in [0, 0.1) is 6.92 Å². The zero-order chi connectivity index (χ0) is 26.4. The molecular formula is C27H28F3N3O4. The second kappa shape index (κ2) is 11.7. The molecule has 1 aromatic carbocycles. The molecule has 1 fully saturated rings. The lowest BCUT2D eigenvalue weighted by molar-refractivity contribution is -0.0936. The van der Waals surface area contributed by atoms with Crippen LogP contribution in [0.2, 0.25) is 0 Å². The maximum atomic E-state index is 15.2. The molecule has 4 rings (SSSR count). The van der Waals surface area contributed by atoms with Crippen molar-refractivity contribution in [2.45, 2.75) is 37.9 Å². The molecule has 1 saturated heterocycles. The molecule has 0 aliphatic carbocycles. The number of aliphatic hydroxyl groups is 1. The lowest BCUT2D eigenvalue weighted by Crippen LogP contribution is -2.44. The minimum Gasteiger partial charge on any atom is -0.475 e. The van der Waals surface area contributed by atoms with Crippen LogP contribution in [-0.4, -0.2) is 53.5 Å². The molecular weight excluding hydrogens is 487 g/mol. The summed E-state index contributed by atoms with van der Waals surface area (Å²) >= 11 is 0. The standard InChI is InChI=1S/C27H28F3N3O4/c1-17-2-3-20(25(28)27(29,30)33-26(35)19-4-8-31-9-5-19)14-22(17)21-15-23(18-6-11-36-12-7-18)32-24(16-21)37-13-10-34/h2-5,8-9,14-16,18,25,34H,6-7,10-13H2,1H3,(H,33,35). The Bertz CT molecular complexity index is 1220. The summed E-state index contributed by atoms with van der Waals surface area (Å²) < 4.78 is 55.8. The fourth-order valence-electron chi connectivity index (χ4n) is 4.22. The Hall–Kier alpha value is -3.50. The number of hydrogen-bond acceptors (Lipinski definition) is 6. The Labute approximate surface area is 212 Å². The van der Waals surface area contributed by atoms with Crippen molar-refractivity contribution in [2.75, 3.05) is 26.4 Å². The van der Waals surface area contributed by atoms with Gasteiger partial charge in [0.25, 0.3) is 5.91 Å². The molecule has 1 unspecified atom stereocenters. The summed E-state index contributed by atoms with van der Waals surface area (Å²) in [5.74, 6) is -0.705. The van der Waals surface area contributed by atoms with E-state index in [9.17, 15) is 13.6 Å². The molecule has 0 spiro atoms. The van der Waals surface area contributed by atoms with Crippen LogP contribution in [-0.2, 0) is 4.74 Å². The van der Waals surface area contributed by atoms with Crippen molar-refractivity contribution in [2.24, 2.45) is 0 Å². The van der Waals surface area contributed by atoms with Crippen LogP contribution >= 0.6 is 0 Å². The first kappa shape index (κ1) is 26.6. The topological polar surface area (TPSA) is 93.6 Å². The molecule has 37 heavy (non-hydrogen) atoms. The van der Waals surface area contributed by atoms with Crippen molar-refractivity contribution >= 4 is 5.91 Å². The number of alkyl halides is 3. The average molecular weight is 516 g/mol. The van der Waals surface area contributed by atoms with Gasteiger partial charge in [0, 0.05) is 48.8 Å². The molecule has 1 aliphatic rings. The smallest absolute Gasteiger partial charge is 0.360 e. The normalized spacial score (nSPS) is 15.3. The monoisotopic (exact) mass is 515 g/mol. The summed E-state index contributed by atoms with van der Waals surface area (Å²) in [6, 6.07) is 6.04. The van der Waals surface area contributed by atoms with Gasteiger partial charge in [0.05, 0.1) is 6.61 Å². The predicted molar refractivity (Wildman–Crippen MR) is 130 cm³/mol. The first-order chi connectivity index (χ1) is 17.8. The van der Waals surface area contributed by atoms with Crippen LogP contribution in [0.5, 0.6) is 5.88 Å². The van der Waals surface area contributed by atoms with Gasteiger partial charge in [-0.3, -0.25) is 15.1 Å². The molecule has 0 bridgehead atoms. The Morgan fingerprint density at radius 2 is 1.92 bits per heavy atom. The second-order valence-corrected chi connectivity index (χ2v) is 8.83. The van der Waals surface area contributed by atoms with Crippen molar-refractivity contribution in [3.8, 4) is 17.0 Å². The molecule has 1 amide bonds. The van der Waals surface area contributed by atoms with Gasteiger partial charge in [-0.2, -0.15) is 8.78 Å². The van der Waals surface area contributed by atoms with Crippen LogP contribution < -0.4 is 10.1 Å². The fraction of sp³-hybridized carbons (Fsp3) is 0.370. The Kier molecular flexibility index (Phi) is 8.40. The molecule has 2 aromatic heterocycles. The quantitative estimate of drug-likeness (QED) is 0.400. The van der Waals surface area contributed by atoms with E-state index < -0.39 is 18.1 Å². The van der Waals surface area contributed by atoms with E-state index in [0.717, 1.165) is 24.1 Å². The highest BCUT2D eigenvalue weighted by Gasteiger charge is 2.43. The third-order valence-corrected chi connectivity index (χ3v) is 6.21. The largest absolute Gasteiger partial charge is 0.475 e. The first-order valence-electron chi connectivity index (χ1n) is 12.0. The van der Waals surface area contributed by atoms with E-state index in [1.165, 1.54) is 42.0 Å². The molecule has 7 nitrogen and oxygen atoms in total. The Morgan fingerprint density at radius 3 is 2.62 bits per heavy atom. The molecule has 1 atom stereocenters. The average Bonchev–Trinajstić information content (AvgIpc) is 2.92. The number of amides is 1. The molecule has 0 radical (unpaired) electrons. The summed E-state index contributed by atoms with van der Waals surface area (Å²) in [4.78, 5) is 20.5. The number of carbonyl (C=O) groups excluding carboxylic acids is 1. The molecule has 10 heteroatoms. The van der Waals surface area contributed by atoms with Crippen LogP contribution in [0.3, 0.4) is 0 Å². The van der Waals surface area contributed by atoms with Crippen molar-refractivity contribution in [3.05, 3.63) is 77.2 Å². The predicted octanol–water partition coefficient (Wildman–Crippen LogP) is 4.75. The van der Waals surface area contributed by atoms with E-state index in [-0.39, 0.29) is 36.1 Å². The summed E-state index contributed by atoms with van der Waals surface area (Å²) in [5, 5.41) is 10.7. The van der Waals surface area contributed by atoms with E-state index in [0.29, 0.717) is 24.3 Å². The van der Waals surface area contributed by atoms with Gasteiger partial charge in [0.2, 0.25) is 12.1 Å². The van der Waals surface area contributed by atoms with E-state index >= 15 is 4.39 Å². The summed E-state index contributed by atoms with van der Waals surface area (Å²) in [6.45, 7) is 2.83. The summed E-state index contributed by atoms with van der Waals surface area (Å²) in [7, 11) is 0. The van der Waals surface area contributed by atoms with Crippen LogP contribution in [0.4, 0.5) is 13.2 Å². The third kappa shape index (κ3) is 6.44. The van der Waals surface area contributed by atoms with Crippen LogP contribution in [0.15, 0.2) is 54.9 Å². The first-order valence-corrected chi connectivity index (χ1v) is 12.0. The fourth-order valence-corrected chi connectivity index (χ4v) is 4.22. The van der Waals surface area contributed by atoms with Crippen molar-refractivity contribution in [3.63, 3.8) is 0 Å². The van der Waals surface area contributed by atoms with Crippen LogP contribution in [0.25, 0.3) is 11.1 Å². The van der Waals surface area contributed by atoms with Gasteiger partial charge < -0.3 is 14.6 Å². The zero-order valence-electron chi connectivity index (χ0n) is 20.3. The molecule has 3 heterocycles. The number of hydrogen-bond donors (Lipinski definition) is 2. The number of aliphatic hydroxyl groups excluding tert-OH is 1. The maximum Gasteiger partial charge on any atom is 0.360 e. The number of nitrogens with one attached hydrogen (secondary N) is 1. The van der Waals surface area contributed by atoms with E-state index in [4.69, 9.17) is 14.6 Å². The SMILES string of the molecule is Cc1ccc(C(F)C(F)(F)NC(=O)c2ccncc2)cc1-c1cc(OCCO)nc(C2CCOCC2)c1. The lowest BCUT2D eigenvalue weighted by Gasteiger charge is -2.24. The summed E-state index contributed by atoms with van der Waals surface area (Å²) in [5.41, 5.74) is 2.30. The van der Waals surface area contributed by atoms with Gasteiger partial charge in [-0.25, -0.2) is 9.37 Å². The van der Waals surface area contributed by atoms with Gasteiger partial charge in [-0.05, 0) is 66.3 Å². The molecule has 1 aliphatic heterocycles. The third-order valence-electron chi connectivity index (χ3n) is 6.21. The number of benzene rings is 1. The Balaban J connectivity index is 1.65. The minimum absolute atomic E-state index is 0.0403. The molecule has 196 valence electrons. The number of aryl methyl sites for hydroxylation is 1. The highest BCUT2D eigenvalue weighted by atomic mass is 19.3. The van der Waals surface area contributed by atoms with Crippen molar-refractivity contribution in [1.82, 2.24) is 15.3 Å². The lowest BCUT2D eigenvalue weighted by atomic mass is 9.91. The number of rotatable bonds is 9. The summed E-state index contributed by atoms with van der Waals surface area (Å²) in [6.07, 6.45) is 1.32. The van der Waals surface area contributed by atoms with Crippen molar-refractivity contribution in [1.29, 1.82) is 0 Å². The van der Waals surface area contributed by atoms with E-state index in [1.54, 1.807) is 19.1 Å². The van der Waals surface area contributed by atoms with Gasteiger partial charge in [0.1, 0.15) is 6.61 Å². The minimum atomic E-state index is -4.16. The van der Waals surface area contributed by atoms with Crippen LogP contribution in [0.1, 0.15) is 52.1 Å². The molecule has 2 N–H and O–H groups in total. The number of carbonyl (C=O) groups is 1. The van der Waals surface area contributed by atoms with E-state index in [2.05, 4.69) is 9.97 Å². The van der Waals surface area contributed by atoms with Gasteiger partial charge >= 0.3 is 6.05 Å². The van der Waals surface area contributed by atoms with Gasteiger partial charge in [-0.1, -0.05) is 12.1 Å². The number of halogens is 3. The number of ether oxygens (including phenoxy) is 2. The highest BCUT2D eigenvalue weighted by molar-refractivity contribution is 5.94. The number of nitrogens with zero attached hydrogens (tertiary/aromatic N) is 2. The molecule has 3 aromatic rings.